The van der Waals surface area contributed by atoms with E-state index in [1.165, 1.54) is 0 Å². The van der Waals surface area contributed by atoms with Crippen molar-refractivity contribution in [3.63, 3.8) is 0 Å². The maximum atomic E-state index is 5.63. The van der Waals surface area contributed by atoms with Crippen LogP contribution in [0.4, 0.5) is 5.95 Å². The normalized spacial score (nSPS) is 21.3. The van der Waals surface area contributed by atoms with Crippen LogP contribution < -0.4 is 10.2 Å². The van der Waals surface area contributed by atoms with Gasteiger partial charge in [0.05, 0.1) is 12.3 Å². The van der Waals surface area contributed by atoms with E-state index in [9.17, 15) is 0 Å². The van der Waals surface area contributed by atoms with E-state index in [2.05, 4.69) is 15.3 Å². The average Bonchev–Trinajstić information content (AvgIpc) is 2.30. The summed E-state index contributed by atoms with van der Waals surface area (Å²) < 4.78 is 5.63. The molecule has 0 bridgehead atoms. The molecule has 5 nitrogen and oxygen atoms in total. The van der Waals surface area contributed by atoms with Crippen LogP contribution in [0.1, 0.15) is 11.8 Å². The maximum absolute atomic E-state index is 5.63. The Morgan fingerprint density at radius 2 is 2.40 bits per heavy atom. The summed E-state index contributed by atoms with van der Waals surface area (Å²) in [6.07, 6.45) is 1.83. The molecule has 5 heteroatoms. The van der Waals surface area contributed by atoms with Gasteiger partial charge < -0.3 is 15.0 Å². The van der Waals surface area contributed by atoms with Crippen LogP contribution >= 0.6 is 0 Å². The zero-order chi connectivity index (χ0) is 10.7. The van der Waals surface area contributed by atoms with E-state index in [0.717, 1.165) is 31.3 Å². The van der Waals surface area contributed by atoms with Crippen molar-refractivity contribution in [2.24, 2.45) is 0 Å². The minimum Gasteiger partial charge on any atom is -0.369 e. The highest BCUT2D eigenvalue weighted by molar-refractivity contribution is 5.27. The molecule has 1 fully saturated rings. The molecule has 0 saturated carbocycles. The van der Waals surface area contributed by atoms with Crippen LogP contribution in [0.2, 0.25) is 0 Å². The topological polar surface area (TPSA) is 50.3 Å². The standard InChI is InChI=1S/C10H16N4O/c1-14(2)10-12-4-3-8(13-10)9-7-11-5-6-15-9/h3-4,9,11H,5-7H2,1-2H3. The fourth-order valence-electron chi connectivity index (χ4n) is 1.51. The fourth-order valence-corrected chi connectivity index (χ4v) is 1.51. The minimum absolute atomic E-state index is 0.0560. The molecule has 1 aliphatic rings. The van der Waals surface area contributed by atoms with Crippen molar-refractivity contribution in [3.8, 4) is 0 Å². The predicted octanol–water partition coefficient (Wildman–Crippen LogP) is 0.203. The van der Waals surface area contributed by atoms with Gasteiger partial charge >= 0.3 is 0 Å². The van der Waals surface area contributed by atoms with E-state index < -0.39 is 0 Å². The average molecular weight is 208 g/mol. The van der Waals surface area contributed by atoms with Gasteiger partial charge in [0.25, 0.3) is 0 Å². The van der Waals surface area contributed by atoms with E-state index in [-0.39, 0.29) is 6.10 Å². The van der Waals surface area contributed by atoms with E-state index in [4.69, 9.17) is 4.74 Å². The molecule has 0 spiro atoms. The molecule has 1 atom stereocenters. The molecule has 2 rings (SSSR count). The lowest BCUT2D eigenvalue weighted by Gasteiger charge is -2.23. The number of nitrogens with one attached hydrogen (secondary N) is 1. The van der Waals surface area contributed by atoms with Gasteiger partial charge in [0.1, 0.15) is 6.10 Å². The molecule has 0 aliphatic carbocycles. The third kappa shape index (κ3) is 2.43. The first-order valence-electron chi connectivity index (χ1n) is 5.10. The molecule has 1 unspecified atom stereocenters. The second kappa shape index (κ2) is 4.55. The van der Waals surface area contributed by atoms with E-state index in [1.807, 2.05) is 25.1 Å². The second-order valence-corrected chi connectivity index (χ2v) is 3.74. The molecule has 1 aliphatic heterocycles. The Morgan fingerprint density at radius 3 is 3.07 bits per heavy atom. The van der Waals surface area contributed by atoms with Gasteiger partial charge in [-0.25, -0.2) is 9.97 Å². The Morgan fingerprint density at radius 1 is 1.53 bits per heavy atom. The summed E-state index contributed by atoms with van der Waals surface area (Å²) in [7, 11) is 3.86. The van der Waals surface area contributed by atoms with Gasteiger partial charge in [0.2, 0.25) is 5.95 Å². The first-order chi connectivity index (χ1) is 7.27. The zero-order valence-corrected chi connectivity index (χ0v) is 9.10. The van der Waals surface area contributed by atoms with Gasteiger partial charge in [-0.15, -0.1) is 0 Å². The van der Waals surface area contributed by atoms with Gasteiger partial charge in [-0.3, -0.25) is 0 Å². The number of aromatic nitrogens is 2. The van der Waals surface area contributed by atoms with Crippen LogP contribution in [0, 0.1) is 0 Å². The van der Waals surface area contributed by atoms with Crippen LogP contribution in [-0.2, 0) is 4.74 Å². The van der Waals surface area contributed by atoms with Crippen molar-refractivity contribution in [1.29, 1.82) is 0 Å². The van der Waals surface area contributed by atoms with E-state index in [1.54, 1.807) is 6.20 Å². The molecule has 1 saturated heterocycles. The number of nitrogens with zero attached hydrogens (tertiary/aromatic N) is 3. The van der Waals surface area contributed by atoms with Crippen molar-refractivity contribution in [2.45, 2.75) is 6.10 Å². The van der Waals surface area contributed by atoms with Gasteiger partial charge in [-0.05, 0) is 6.07 Å². The summed E-state index contributed by atoms with van der Waals surface area (Å²) in [4.78, 5) is 10.5. The number of anilines is 1. The molecule has 1 aromatic heterocycles. The first kappa shape index (κ1) is 10.3. The van der Waals surface area contributed by atoms with Crippen LogP contribution in [0.25, 0.3) is 0 Å². The van der Waals surface area contributed by atoms with Crippen molar-refractivity contribution in [1.82, 2.24) is 15.3 Å². The SMILES string of the molecule is CN(C)c1nccc(C2CNCCO2)n1. The van der Waals surface area contributed by atoms with Crippen LogP contribution in [-0.4, -0.2) is 43.8 Å². The van der Waals surface area contributed by atoms with E-state index >= 15 is 0 Å². The van der Waals surface area contributed by atoms with Gasteiger partial charge in [-0.1, -0.05) is 0 Å². The predicted molar refractivity (Wildman–Crippen MR) is 57.9 cm³/mol. The number of rotatable bonds is 2. The monoisotopic (exact) mass is 208 g/mol. The molecular weight excluding hydrogens is 192 g/mol. The lowest BCUT2D eigenvalue weighted by Crippen LogP contribution is -2.34. The quantitative estimate of drug-likeness (QED) is 0.752. The second-order valence-electron chi connectivity index (χ2n) is 3.74. The Labute approximate surface area is 89.5 Å². The first-order valence-corrected chi connectivity index (χ1v) is 5.10. The van der Waals surface area contributed by atoms with Crippen molar-refractivity contribution in [2.75, 3.05) is 38.7 Å². The minimum atomic E-state index is 0.0560. The number of hydrogen-bond acceptors (Lipinski definition) is 5. The van der Waals surface area contributed by atoms with Crippen LogP contribution in [0.15, 0.2) is 12.3 Å². The molecule has 1 aromatic rings. The number of morpholine rings is 1. The third-order valence-corrected chi connectivity index (χ3v) is 2.32. The molecule has 0 aromatic carbocycles. The van der Waals surface area contributed by atoms with Gasteiger partial charge in [0, 0.05) is 33.4 Å². The smallest absolute Gasteiger partial charge is 0.225 e. The number of ether oxygens (including phenoxy) is 1. The lowest BCUT2D eigenvalue weighted by atomic mass is 10.2. The van der Waals surface area contributed by atoms with Gasteiger partial charge in [-0.2, -0.15) is 0 Å². The highest BCUT2D eigenvalue weighted by atomic mass is 16.5. The summed E-state index contributed by atoms with van der Waals surface area (Å²) in [6.45, 7) is 2.48. The van der Waals surface area contributed by atoms with Crippen LogP contribution in [0.5, 0.6) is 0 Å². The molecule has 0 amide bonds. The highest BCUT2D eigenvalue weighted by Gasteiger charge is 2.17. The lowest BCUT2D eigenvalue weighted by molar-refractivity contribution is 0.0250. The highest BCUT2D eigenvalue weighted by Crippen LogP contribution is 2.17. The molecule has 0 radical (unpaired) electrons. The fraction of sp³-hybridized carbons (Fsp3) is 0.600. The summed E-state index contributed by atoms with van der Waals surface area (Å²) in [5.41, 5.74) is 0.945. The Bertz CT molecular complexity index is 323. The van der Waals surface area contributed by atoms with Gasteiger partial charge in [0.15, 0.2) is 0 Å². The zero-order valence-electron chi connectivity index (χ0n) is 9.10. The molecule has 1 N–H and O–H groups in total. The Balaban J connectivity index is 2.16. The Kier molecular flexibility index (Phi) is 3.13. The summed E-state index contributed by atoms with van der Waals surface area (Å²) in [5.74, 6) is 0.724. The summed E-state index contributed by atoms with van der Waals surface area (Å²) >= 11 is 0. The largest absolute Gasteiger partial charge is 0.369 e. The van der Waals surface area contributed by atoms with Crippen LogP contribution in [0.3, 0.4) is 0 Å². The molecular formula is C10H16N4O. The van der Waals surface area contributed by atoms with Crippen molar-refractivity contribution >= 4 is 5.95 Å². The molecule has 2 heterocycles. The molecule has 82 valence electrons. The summed E-state index contributed by atoms with van der Waals surface area (Å²) in [6, 6.07) is 1.91. The van der Waals surface area contributed by atoms with Crippen molar-refractivity contribution < 1.29 is 4.74 Å². The third-order valence-electron chi connectivity index (χ3n) is 2.32. The molecule has 15 heavy (non-hydrogen) atoms. The maximum Gasteiger partial charge on any atom is 0.225 e. The van der Waals surface area contributed by atoms with E-state index in [0.29, 0.717) is 0 Å². The number of hydrogen-bond donors (Lipinski definition) is 1. The summed E-state index contributed by atoms with van der Waals surface area (Å²) in [5, 5.41) is 3.28. The Hall–Kier alpha value is -1.20. The van der Waals surface area contributed by atoms with Crippen molar-refractivity contribution in [3.05, 3.63) is 18.0 Å².